The summed E-state index contributed by atoms with van der Waals surface area (Å²) in [5.41, 5.74) is 16.2. The van der Waals surface area contributed by atoms with Crippen molar-refractivity contribution in [3.8, 4) is 57.5 Å². The second-order valence-corrected chi connectivity index (χ2v) is 19.4. The fourth-order valence-corrected chi connectivity index (χ4v) is 9.87. The van der Waals surface area contributed by atoms with Crippen LogP contribution in [-0.2, 0) is 26.2 Å². The molecule has 0 amide bonds. The molecular formula is C58H80BN6O11-. The molecule has 3 fully saturated rings. The Labute approximate surface area is 450 Å². The smallest absolute Gasteiger partial charge is 0.231 e. The van der Waals surface area contributed by atoms with Crippen molar-refractivity contribution in [2.45, 2.75) is 147 Å². The molecule has 12 N–H and O–H groups in total. The van der Waals surface area contributed by atoms with Crippen LogP contribution in [0.15, 0.2) is 91.0 Å². The number of hydrogen-bond donors (Lipinski definition) is 10. The van der Waals surface area contributed by atoms with Crippen LogP contribution in [-0.4, -0.2) is 91.2 Å². The Hall–Kier alpha value is -6.41. The van der Waals surface area contributed by atoms with Crippen LogP contribution in [0.3, 0.4) is 0 Å². The topological polar surface area (TPSA) is 254 Å². The van der Waals surface area contributed by atoms with Crippen LogP contribution in [0.1, 0.15) is 118 Å². The number of rotatable bonds is 13. The van der Waals surface area contributed by atoms with Crippen LogP contribution in [0.25, 0.3) is 0 Å². The predicted octanol–water partition coefficient (Wildman–Crippen LogP) is 7.52. The summed E-state index contributed by atoms with van der Waals surface area (Å²) < 4.78 is 38.0. The fourth-order valence-electron chi connectivity index (χ4n) is 9.87. The number of phenolic OH excluding ortho intramolecular Hbond substituents is 4. The van der Waals surface area contributed by atoms with Gasteiger partial charge in [0.15, 0.2) is 57.5 Å². The number of carbonyl (C=O) groups is 1. The molecule has 0 aromatic heterocycles. The Morgan fingerprint density at radius 3 is 1.12 bits per heavy atom. The quantitative estimate of drug-likeness (QED) is 0.0237. The molecule has 0 bridgehead atoms. The molecule has 5 aromatic carbocycles. The third kappa shape index (κ3) is 17.3. The minimum atomic E-state index is -0.108. The third-order valence-corrected chi connectivity index (χ3v) is 14.2. The van der Waals surface area contributed by atoms with Gasteiger partial charge in [0.05, 0.1) is 0 Å². The lowest BCUT2D eigenvalue weighted by atomic mass is 9.90. The predicted molar refractivity (Wildman–Crippen MR) is 297 cm³/mol. The standard InChI is InChI=1S/C22H26N2O4.C20H26N2O4.C8H6O3.C6H14N2.CH4B.CH4/c1-2-4-18(24-12-16-6-8-20-22(10-16)28-14-26-20)17(3-1)23-11-15-5-7-19-21(9-15)27-13-25-19;23-17-7-5-13(9-19(17)25)11-21-15-3-1-2-4-16(15)22-12-14-6-8-18(24)20(26)10-14;9-4-6-1-2-7-8(3-6)11-5-10-7;7-5-3-1-2-4-6(5)8;1-2;/h5-10,17-18,23-24H,1-4,11-14H2;5-10,15-16,21-26H,1-4,11-12H2;1-4H,5H2;5-6H,1-4,7-8H2;1-2H2;1H4/q;;;;-1;/t17-,18-;15-,16-;;5-,6-;;/m11.1../s1/i;;;;1D,2+1;. The molecule has 17 nitrogen and oxygen atoms in total. The van der Waals surface area contributed by atoms with E-state index in [1.165, 1.54) is 81.4 Å². The molecule has 0 radical (unpaired) electrons. The van der Waals surface area contributed by atoms with Crippen LogP contribution in [0.4, 0.5) is 0 Å². The number of nitrogens with one attached hydrogen (secondary N) is 4. The molecule has 3 aliphatic heterocycles. The van der Waals surface area contributed by atoms with Gasteiger partial charge in [0, 0.05) is 68.0 Å². The van der Waals surface area contributed by atoms with Gasteiger partial charge < -0.3 is 88.4 Å². The Morgan fingerprint density at radius 1 is 0.474 bits per heavy atom. The second-order valence-electron chi connectivity index (χ2n) is 19.4. The van der Waals surface area contributed by atoms with Crippen molar-refractivity contribution in [1.82, 2.24) is 21.3 Å². The van der Waals surface area contributed by atoms with E-state index >= 15 is 0 Å². The number of benzene rings is 5. The molecule has 3 saturated carbocycles. The van der Waals surface area contributed by atoms with Crippen LogP contribution in [0.5, 0.6) is 57.5 Å². The highest BCUT2D eigenvalue weighted by Crippen LogP contribution is 2.35. The zero-order valence-corrected chi connectivity index (χ0v) is 43.0. The van der Waals surface area contributed by atoms with E-state index in [0.29, 0.717) is 67.9 Å². The van der Waals surface area contributed by atoms with Crippen molar-refractivity contribution in [3.05, 3.63) is 126 Å². The van der Waals surface area contributed by atoms with Gasteiger partial charge in [-0.05, 0) is 128 Å². The highest BCUT2D eigenvalue weighted by atomic mass is 16.7. The minimum Gasteiger partial charge on any atom is -0.504 e. The largest absolute Gasteiger partial charge is 0.504 e. The summed E-state index contributed by atoms with van der Waals surface area (Å²) in [5, 5.41) is 52.6. The van der Waals surface area contributed by atoms with E-state index in [2.05, 4.69) is 45.5 Å². The van der Waals surface area contributed by atoms with Crippen molar-refractivity contribution < 1.29 is 55.0 Å². The molecule has 3 heterocycles. The summed E-state index contributed by atoms with van der Waals surface area (Å²) in [6.07, 6.45) is 15.0. The van der Waals surface area contributed by atoms with Crippen LogP contribution in [0.2, 0.25) is 0 Å². The third-order valence-electron chi connectivity index (χ3n) is 14.2. The Balaban J connectivity index is 0.000000179. The number of carbonyl (C=O) groups excluding carboxylic acids is 1. The molecule has 6 atom stereocenters. The van der Waals surface area contributed by atoms with E-state index in [1.54, 1.807) is 50.3 Å². The molecule has 18 heteroatoms. The van der Waals surface area contributed by atoms with Crippen molar-refractivity contribution >= 4 is 14.1 Å². The van der Waals surface area contributed by atoms with Gasteiger partial charge in [0.25, 0.3) is 0 Å². The van der Waals surface area contributed by atoms with Gasteiger partial charge in [-0.1, -0.05) is 78.1 Å². The molecule has 76 heavy (non-hydrogen) atoms. The summed E-state index contributed by atoms with van der Waals surface area (Å²) in [6, 6.07) is 29.3. The molecule has 0 spiro atoms. The highest BCUT2D eigenvalue weighted by Gasteiger charge is 2.26. The Morgan fingerprint density at radius 2 is 0.776 bits per heavy atom. The van der Waals surface area contributed by atoms with Crippen LogP contribution in [0, 0.1) is 6.80 Å². The fraction of sp³-hybridized carbons (Fsp3) is 0.448. The van der Waals surface area contributed by atoms with Gasteiger partial charge in [0.1, 0.15) is 6.29 Å². The van der Waals surface area contributed by atoms with E-state index in [4.69, 9.17) is 41.3 Å². The van der Waals surface area contributed by atoms with E-state index in [1.807, 2.05) is 12.1 Å². The average Bonchev–Trinajstić information content (AvgIpc) is 4.24. The molecule has 412 valence electrons. The lowest BCUT2D eigenvalue weighted by Gasteiger charge is -2.33. The first-order valence-corrected chi connectivity index (χ1v) is 26.2. The van der Waals surface area contributed by atoms with E-state index in [-0.39, 0.29) is 49.3 Å². The number of phenols is 4. The van der Waals surface area contributed by atoms with Crippen LogP contribution >= 0.6 is 0 Å². The van der Waals surface area contributed by atoms with Gasteiger partial charge in [-0.15, -0.1) is 0 Å². The maximum absolute atomic E-state index is 10.3. The van der Waals surface area contributed by atoms with E-state index in [9.17, 15) is 25.2 Å². The summed E-state index contributed by atoms with van der Waals surface area (Å²) in [4.78, 5) is 10.3. The monoisotopic (exact) mass is 1050 g/mol. The summed E-state index contributed by atoms with van der Waals surface area (Å²) in [5.74, 6) is 4.30. The number of fused-ring (bicyclic) bond motifs is 3. The van der Waals surface area contributed by atoms with Crippen LogP contribution < -0.4 is 61.2 Å². The lowest BCUT2D eigenvalue weighted by molar-refractivity contribution is 0.112. The molecule has 6 aliphatic rings. The molecular weight excluding hydrogens is 969 g/mol. The molecule has 11 rings (SSSR count). The first-order valence-electron chi connectivity index (χ1n) is 26.8. The van der Waals surface area contributed by atoms with Gasteiger partial charge in [-0.2, -0.15) is 0 Å². The Bertz CT molecular complexity index is 2460. The SMILES string of the molecule is C.N[C@@H]1CCCC[C@H]1N.O=Cc1ccc2c(c1)OCO2.Oc1ccc(CN[C@@H]2CCCC[C@H]2NCc2ccc(O)c(O)c2)cc1O.[2H][CH-][12BH2].c1cc2c(cc1CN[C@@H]1CCCC[C@H]1NCc1ccc3c(c1)OCO3)OCO2. The van der Waals surface area contributed by atoms with Crippen molar-refractivity contribution in [1.29, 1.82) is 0 Å². The average molecular weight is 1050 g/mol. The molecule has 3 aliphatic carbocycles. The van der Waals surface area contributed by atoms with Crippen molar-refractivity contribution in [2.75, 3.05) is 20.4 Å². The summed E-state index contributed by atoms with van der Waals surface area (Å²) >= 11 is 0. The first-order chi connectivity index (χ1) is 37.0. The highest BCUT2D eigenvalue weighted by molar-refractivity contribution is 6.10. The summed E-state index contributed by atoms with van der Waals surface area (Å²) in [7, 11) is 1.67. The zero-order chi connectivity index (χ0) is 53.7. The summed E-state index contributed by atoms with van der Waals surface area (Å²) in [6.45, 7) is 5.05. The maximum atomic E-state index is 10.3. The van der Waals surface area contributed by atoms with Crippen molar-refractivity contribution in [2.24, 2.45) is 11.5 Å². The molecule has 5 aromatic rings. The molecule has 0 saturated heterocycles. The van der Waals surface area contributed by atoms with E-state index in [0.717, 1.165) is 79.2 Å². The van der Waals surface area contributed by atoms with Gasteiger partial charge >= 0.3 is 0 Å². The number of ether oxygens (including phenoxy) is 6. The first kappa shape index (κ1) is 57.3. The lowest BCUT2D eigenvalue weighted by Crippen LogP contribution is -2.49. The van der Waals surface area contributed by atoms with Gasteiger partial charge in [-0.3, -0.25) is 4.79 Å². The van der Waals surface area contributed by atoms with E-state index < -0.39 is 0 Å². The maximum Gasteiger partial charge on any atom is 0.231 e. The Kier molecular flexibility index (Phi) is 22.9. The van der Waals surface area contributed by atoms with Gasteiger partial charge in [0.2, 0.25) is 20.4 Å². The second kappa shape index (κ2) is 30.4. The minimum absolute atomic E-state index is 0. The number of aldehydes is 1. The van der Waals surface area contributed by atoms with Gasteiger partial charge in [-0.25, -0.2) is 1.37 Å². The number of nitrogens with two attached hydrogens (primary N) is 2. The number of aromatic hydroxyl groups is 4. The zero-order valence-electron chi connectivity index (χ0n) is 44.0. The molecule has 0 unspecified atom stereocenters. The normalized spacial score (nSPS) is 21.5. The number of hydrogen-bond acceptors (Lipinski definition) is 17. The van der Waals surface area contributed by atoms with Crippen molar-refractivity contribution in [3.63, 3.8) is 0 Å².